The predicted molar refractivity (Wildman–Crippen MR) is 121 cm³/mol. The van der Waals surface area contributed by atoms with E-state index in [0.717, 1.165) is 37.1 Å². The maximum absolute atomic E-state index is 12.8. The van der Waals surface area contributed by atoms with Crippen LogP contribution < -0.4 is 15.4 Å². The highest BCUT2D eigenvalue weighted by Crippen LogP contribution is 2.27. The predicted octanol–water partition coefficient (Wildman–Crippen LogP) is 3.38. The second kappa shape index (κ2) is 10.3. The normalized spacial score (nSPS) is 15.1. The van der Waals surface area contributed by atoms with Gasteiger partial charge in [0.2, 0.25) is 5.91 Å². The van der Waals surface area contributed by atoms with Crippen LogP contribution in [0.3, 0.4) is 0 Å². The lowest BCUT2D eigenvalue weighted by Gasteiger charge is -2.29. The Morgan fingerprint density at radius 1 is 1.21 bits per heavy atom. The molecule has 1 fully saturated rings. The van der Waals surface area contributed by atoms with Crippen LogP contribution in [0.5, 0.6) is 5.75 Å². The van der Waals surface area contributed by atoms with Gasteiger partial charge in [0, 0.05) is 12.7 Å². The molecular weight excluding hydrogens is 422 g/mol. The first kappa shape index (κ1) is 22.6. The number of pyridine rings is 1. The SMILES string of the molecule is CNC(=O)[C@@H](NC(=O)c1ccc(-c2ccc(OCc3cc(C)[nH]n3)cn2)o1)C1CCCCC1. The number of hydrogen-bond donors (Lipinski definition) is 3. The maximum atomic E-state index is 12.8. The van der Waals surface area contributed by atoms with Gasteiger partial charge in [0.15, 0.2) is 11.5 Å². The number of ether oxygens (including phenoxy) is 1. The van der Waals surface area contributed by atoms with Crippen molar-refractivity contribution in [3.63, 3.8) is 0 Å². The van der Waals surface area contributed by atoms with E-state index in [9.17, 15) is 9.59 Å². The van der Waals surface area contributed by atoms with Crippen molar-refractivity contribution < 1.29 is 18.7 Å². The minimum absolute atomic E-state index is 0.136. The third kappa shape index (κ3) is 5.60. The summed E-state index contributed by atoms with van der Waals surface area (Å²) < 4.78 is 11.4. The number of furan rings is 1. The van der Waals surface area contributed by atoms with E-state index in [-0.39, 0.29) is 17.6 Å². The number of likely N-dealkylation sites (N-methyl/N-ethyl adjacent to an activating group) is 1. The lowest BCUT2D eigenvalue weighted by Crippen LogP contribution is -2.50. The number of amides is 2. The van der Waals surface area contributed by atoms with Crippen LogP contribution in [0.25, 0.3) is 11.5 Å². The number of aryl methyl sites for hydroxylation is 1. The van der Waals surface area contributed by atoms with Gasteiger partial charge in [-0.3, -0.25) is 14.7 Å². The van der Waals surface area contributed by atoms with Crippen molar-refractivity contribution in [2.45, 2.75) is 51.7 Å². The number of H-pyrrole nitrogens is 1. The first-order chi connectivity index (χ1) is 16.0. The highest BCUT2D eigenvalue weighted by atomic mass is 16.5. The molecule has 3 N–H and O–H groups in total. The smallest absolute Gasteiger partial charge is 0.287 e. The standard InChI is InChI=1S/C24H29N5O4/c1-15-12-17(29-28-15)14-32-18-8-9-19(26-13-18)20-10-11-21(33-20)23(30)27-22(24(31)25-2)16-6-4-3-5-7-16/h8-13,16,22H,3-7,14H2,1-2H3,(H,25,31)(H,27,30)(H,28,29)/t22-/m0/s1. The molecule has 4 rings (SSSR count). The molecule has 0 saturated heterocycles. The minimum Gasteiger partial charge on any atom is -0.486 e. The van der Waals surface area contributed by atoms with Gasteiger partial charge >= 0.3 is 0 Å². The van der Waals surface area contributed by atoms with Gasteiger partial charge < -0.3 is 19.8 Å². The van der Waals surface area contributed by atoms with Crippen molar-refractivity contribution in [1.29, 1.82) is 0 Å². The van der Waals surface area contributed by atoms with Crippen LogP contribution in [0, 0.1) is 12.8 Å². The fraction of sp³-hybridized carbons (Fsp3) is 0.417. The van der Waals surface area contributed by atoms with Crippen LogP contribution in [0.1, 0.15) is 54.0 Å². The van der Waals surface area contributed by atoms with Crippen molar-refractivity contribution in [2.24, 2.45) is 5.92 Å². The minimum atomic E-state index is -0.566. The van der Waals surface area contributed by atoms with Crippen LogP contribution >= 0.6 is 0 Å². The molecule has 0 radical (unpaired) electrons. The van der Waals surface area contributed by atoms with Crippen molar-refractivity contribution in [3.05, 3.63) is 53.7 Å². The molecule has 9 heteroatoms. The van der Waals surface area contributed by atoms with Crippen LogP contribution in [0.4, 0.5) is 0 Å². The second-order valence-electron chi connectivity index (χ2n) is 8.34. The van der Waals surface area contributed by atoms with E-state index in [4.69, 9.17) is 9.15 Å². The van der Waals surface area contributed by atoms with Gasteiger partial charge in [0.25, 0.3) is 5.91 Å². The number of aromatic nitrogens is 3. The maximum Gasteiger partial charge on any atom is 0.287 e. The zero-order chi connectivity index (χ0) is 23.2. The van der Waals surface area contributed by atoms with Crippen molar-refractivity contribution in [1.82, 2.24) is 25.8 Å². The molecule has 0 unspecified atom stereocenters. The highest BCUT2D eigenvalue weighted by molar-refractivity contribution is 5.96. The number of hydrogen-bond acceptors (Lipinski definition) is 6. The van der Waals surface area contributed by atoms with Crippen molar-refractivity contribution in [2.75, 3.05) is 7.05 Å². The molecule has 0 aliphatic heterocycles. The second-order valence-corrected chi connectivity index (χ2v) is 8.34. The summed E-state index contributed by atoms with van der Waals surface area (Å²) in [5.74, 6) is 0.759. The zero-order valence-electron chi connectivity index (χ0n) is 18.9. The summed E-state index contributed by atoms with van der Waals surface area (Å²) in [5.41, 5.74) is 2.36. The van der Waals surface area contributed by atoms with Gasteiger partial charge in [-0.05, 0) is 56.0 Å². The molecule has 1 aliphatic carbocycles. The molecule has 0 aromatic carbocycles. The van der Waals surface area contributed by atoms with Gasteiger partial charge in [-0.1, -0.05) is 19.3 Å². The summed E-state index contributed by atoms with van der Waals surface area (Å²) in [5, 5.41) is 12.5. The number of nitrogens with one attached hydrogen (secondary N) is 3. The number of aromatic amines is 1. The van der Waals surface area contributed by atoms with Crippen molar-refractivity contribution >= 4 is 11.8 Å². The highest BCUT2D eigenvalue weighted by Gasteiger charge is 2.31. The summed E-state index contributed by atoms with van der Waals surface area (Å²) in [4.78, 5) is 29.6. The van der Waals surface area contributed by atoms with Crippen molar-refractivity contribution in [3.8, 4) is 17.2 Å². The van der Waals surface area contributed by atoms with Crippen LogP contribution in [0.15, 0.2) is 40.9 Å². The molecule has 1 saturated carbocycles. The topological polar surface area (TPSA) is 122 Å². The summed E-state index contributed by atoms with van der Waals surface area (Å²) >= 11 is 0. The third-order valence-electron chi connectivity index (χ3n) is 5.90. The van der Waals surface area contributed by atoms with Gasteiger partial charge in [-0.25, -0.2) is 4.98 Å². The Kier molecular flexibility index (Phi) is 7.07. The first-order valence-electron chi connectivity index (χ1n) is 11.3. The van der Waals surface area contributed by atoms with Gasteiger partial charge in [0.05, 0.1) is 11.9 Å². The molecule has 0 bridgehead atoms. The average Bonchev–Trinajstić information content (AvgIpc) is 3.51. The molecule has 1 atom stereocenters. The first-order valence-corrected chi connectivity index (χ1v) is 11.3. The van der Waals surface area contributed by atoms with E-state index < -0.39 is 11.9 Å². The summed E-state index contributed by atoms with van der Waals surface area (Å²) in [7, 11) is 1.59. The summed E-state index contributed by atoms with van der Waals surface area (Å²) in [6.45, 7) is 2.27. The van der Waals surface area contributed by atoms with Crippen LogP contribution in [-0.2, 0) is 11.4 Å². The Morgan fingerprint density at radius 2 is 2.03 bits per heavy atom. The Balaban J connectivity index is 1.38. The molecule has 3 aromatic heterocycles. The summed E-state index contributed by atoms with van der Waals surface area (Å²) in [6, 6.07) is 8.19. The van der Waals surface area contributed by atoms with Crippen LogP contribution in [0.2, 0.25) is 0 Å². The largest absolute Gasteiger partial charge is 0.486 e. The fourth-order valence-electron chi connectivity index (χ4n) is 4.15. The molecule has 2 amide bonds. The number of nitrogens with zero attached hydrogens (tertiary/aromatic N) is 2. The van der Waals surface area contributed by atoms with E-state index >= 15 is 0 Å². The zero-order valence-corrected chi connectivity index (χ0v) is 18.9. The van der Waals surface area contributed by atoms with E-state index in [1.165, 1.54) is 6.42 Å². The van der Waals surface area contributed by atoms with Crippen LogP contribution in [-0.4, -0.2) is 40.1 Å². The van der Waals surface area contributed by atoms with E-state index in [0.29, 0.717) is 23.8 Å². The van der Waals surface area contributed by atoms with E-state index in [1.54, 1.807) is 37.5 Å². The Hall–Kier alpha value is -3.62. The number of carbonyl (C=O) groups is 2. The third-order valence-corrected chi connectivity index (χ3v) is 5.90. The quantitative estimate of drug-likeness (QED) is 0.483. The molecule has 3 aromatic rings. The summed E-state index contributed by atoms with van der Waals surface area (Å²) in [6.07, 6.45) is 6.78. The molecule has 33 heavy (non-hydrogen) atoms. The Morgan fingerprint density at radius 3 is 2.70 bits per heavy atom. The lowest BCUT2D eigenvalue weighted by molar-refractivity contribution is -0.124. The molecule has 9 nitrogen and oxygen atoms in total. The molecule has 174 valence electrons. The molecule has 0 spiro atoms. The van der Waals surface area contributed by atoms with Gasteiger partial charge in [0.1, 0.15) is 24.1 Å². The molecule has 1 aliphatic rings. The molecule has 3 heterocycles. The Bertz CT molecular complexity index is 1080. The van der Waals surface area contributed by atoms with Gasteiger partial charge in [-0.2, -0.15) is 5.10 Å². The molecular formula is C24H29N5O4. The fourth-order valence-corrected chi connectivity index (χ4v) is 4.15. The monoisotopic (exact) mass is 451 g/mol. The van der Waals surface area contributed by atoms with E-state index in [2.05, 4.69) is 25.8 Å². The average molecular weight is 452 g/mol. The number of carbonyl (C=O) groups excluding carboxylic acids is 2. The number of rotatable bonds is 8. The Labute approximate surface area is 192 Å². The van der Waals surface area contributed by atoms with Gasteiger partial charge in [-0.15, -0.1) is 0 Å². The van der Waals surface area contributed by atoms with E-state index in [1.807, 2.05) is 13.0 Å². The lowest BCUT2D eigenvalue weighted by atomic mass is 9.83.